The standard InChI is InChI=1S/C21H15ClF2N8O2S/c22-14-3-1-13(2-4-14)19-28-29-20(34-19)35-18-8-31(30-27-18)9-21(33,10-32-12-25-11-26-32)16-6-5-15(23)7-17(16)24/h1-8,11-12,33H,9-10H2. The smallest absolute Gasteiger partial charge is 0.283 e. The van der Waals surface area contributed by atoms with E-state index in [2.05, 4.69) is 30.6 Å². The molecule has 0 aliphatic rings. The Hall–Kier alpha value is -3.68. The highest BCUT2D eigenvalue weighted by atomic mass is 35.5. The lowest BCUT2D eigenvalue weighted by molar-refractivity contribution is -0.00893. The molecule has 10 nitrogen and oxygen atoms in total. The van der Waals surface area contributed by atoms with Crippen molar-refractivity contribution in [3.05, 3.63) is 83.5 Å². The second kappa shape index (κ2) is 9.52. The fourth-order valence-electron chi connectivity index (χ4n) is 3.39. The quantitative estimate of drug-likeness (QED) is 0.330. The van der Waals surface area contributed by atoms with Gasteiger partial charge in [0.15, 0.2) is 0 Å². The zero-order valence-electron chi connectivity index (χ0n) is 17.7. The summed E-state index contributed by atoms with van der Waals surface area (Å²) >= 11 is 6.97. The van der Waals surface area contributed by atoms with Crippen molar-refractivity contribution in [2.24, 2.45) is 0 Å². The molecule has 0 fully saturated rings. The first-order chi connectivity index (χ1) is 16.9. The molecule has 0 aliphatic carbocycles. The Morgan fingerprint density at radius 2 is 1.83 bits per heavy atom. The van der Waals surface area contributed by atoms with E-state index in [0.717, 1.165) is 17.8 Å². The van der Waals surface area contributed by atoms with Gasteiger partial charge in [-0.25, -0.2) is 23.1 Å². The third-order valence-corrected chi connectivity index (χ3v) is 5.94. The normalized spacial score (nSPS) is 13.1. The number of aromatic nitrogens is 8. The molecule has 0 spiro atoms. The van der Waals surface area contributed by atoms with Crippen LogP contribution >= 0.6 is 23.4 Å². The summed E-state index contributed by atoms with van der Waals surface area (Å²) in [7, 11) is 0. The number of aliphatic hydroxyl groups is 1. The van der Waals surface area contributed by atoms with Crippen molar-refractivity contribution < 1.29 is 18.3 Å². The van der Waals surface area contributed by atoms with E-state index < -0.39 is 17.2 Å². The van der Waals surface area contributed by atoms with Crippen LogP contribution in [0.1, 0.15) is 5.56 Å². The van der Waals surface area contributed by atoms with Gasteiger partial charge < -0.3 is 9.52 Å². The van der Waals surface area contributed by atoms with Crippen molar-refractivity contribution in [3.8, 4) is 11.5 Å². The molecule has 5 rings (SSSR count). The van der Waals surface area contributed by atoms with Gasteiger partial charge in [-0.2, -0.15) is 5.10 Å². The molecule has 0 aliphatic heterocycles. The fraction of sp³-hybridized carbons (Fsp3) is 0.143. The van der Waals surface area contributed by atoms with Gasteiger partial charge in [-0.3, -0.25) is 0 Å². The minimum absolute atomic E-state index is 0.122. The van der Waals surface area contributed by atoms with Gasteiger partial charge in [0.2, 0.25) is 5.89 Å². The predicted molar refractivity (Wildman–Crippen MR) is 119 cm³/mol. The molecule has 0 saturated heterocycles. The summed E-state index contributed by atoms with van der Waals surface area (Å²) in [5.74, 6) is -1.35. The van der Waals surface area contributed by atoms with Gasteiger partial charge in [-0.15, -0.1) is 15.3 Å². The van der Waals surface area contributed by atoms with E-state index >= 15 is 0 Å². The van der Waals surface area contributed by atoms with Crippen molar-refractivity contribution in [2.75, 3.05) is 0 Å². The van der Waals surface area contributed by atoms with Crippen molar-refractivity contribution in [1.82, 2.24) is 40.0 Å². The average molecular weight is 517 g/mol. The summed E-state index contributed by atoms with van der Waals surface area (Å²) in [6, 6.07) is 9.90. The highest BCUT2D eigenvalue weighted by molar-refractivity contribution is 7.99. The molecule has 0 bridgehead atoms. The summed E-state index contributed by atoms with van der Waals surface area (Å²) in [5, 5.41) is 32.7. The number of hydrogen-bond acceptors (Lipinski definition) is 9. The lowest BCUT2D eigenvalue weighted by Crippen LogP contribution is -2.37. The minimum Gasteiger partial charge on any atom is -0.411 e. The molecule has 3 heterocycles. The molecule has 3 aromatic heterocycles. The zero-order valence-corrected chi connectivity index (χ0v) is 19.2. The van der Waals surface area contributed by atoms with Crippen LogP contribution in [0.5, 0.6) is 0 Å². The van der Waals surface area contributed by atoms with E-state index in [-0.39, 0.29) is 23.9 Å². The largest absolute Gasteiger partial charge is 0.411 e. The maximum atomic E-state index is 14.6. The number of halogens is 3. The summed E-state index contributed by atoms with van der Waals surface area (Å²) in [5.41, 5.74) is -1.26. The number of nitrogens with zero attached hydrogens (tertiary/aromatic N) is 8. The van der Waals surface area contributed by atoms with Crippen LogP contribution < -0.4 is 0 Å². The molecule has 0 saturated carbocycles. The molecular weight excluding hydrogens is 502 g/mol. The molecule has 5 aromatic rings. The van der Waals surface area contributed by atoms with Crippen LogP contribution in [0.2, 0.25) is 5.02 Å². The summed E-state index contributed by atoms with van der Waals surface area (Å²) < 4.78 is 36.4. The molecule has 2 aromatic carbocycles. The lowest BCUT2D eigenvalue weighted by atomic mass is 9.93. The van der Waals surface area contributed by atoms with Crippen LogP contribution in [0.15, 0.2) is 76.0 Å². The summed E-state index contributed by atoms with van der Waals surface area (Å²) in [6.45, 7) is -0.366. The van der Waals surface area contributed by atoms with Gasteiger partial charge in [0.25, 0.3) is 5.22 Å². The first-order valence-electron chi connectivity index (χ1n) is 10.1. The van der Waals surface area contributed by atoms with E-state index in [1.54, 1.807) is 24.3 Å². The van der Waals surface area contributed by atoms with Crippen molar-refractivity contribution in [3.63, 3.8) is 0 Å². The van der Waals surface area contributed by atoms with Crippen molar-refractivity contribution in [2.45, 2.75) is 28.9 Å². The van der Waals surface area contributed by atoms with Crippen LogP contribution in [0, 0.1) is 11.6 Å². The Kier molecular flexibility index (Phi) is 6.28. The topological polar surface area (TPSA) is 121 Å². The van der Waals surface area contributed by atoms with Gasteiger partial charge in [0.05, 0.1) is 19.3 Å². The fourth-order valence-corrected chi connectivity index (χ4v) is 4.15. The van der Waals surface area contributed by atoms with Crippen LogP contribution in [-0.4, -0.2) is 45.1 Å². The van der Waals surface area contributed by atoms with E-state index in [4.69, 9.17) is 16.0 Å². The Morgan fingerprint density at radius 3 is 2.57 bits per heavy atom. The molecule has 1 unspecified atom stereocenters. The highest BCUT2D eigenvalue weighted by Gasteiger charge is 2.35. The van der Waals surface area contributed by atoms with Gasteiger partial charge >= 0.3 is 0 Å². The number of benzene rings is 2. The van der Waals surface area contributed by atoms with Gasteiger partial charge in [-0.05, 0) is 42.1 Å². The molecule has 1 N–H and O–H groups in total. The SMILES string of the molecule is OC(Cn1cncn1)(Cn1cc(Sc2nnc(-c3ccc(Cl)cc3)o2)nn1)c1ccc(F)cc1F. The first-order valence-corrected chi connectivity index (χ1v) is 11.3. The summed E-state index contributed by atoms with van der Waals surface area (Å²) in [4.78, 5) is 3.84. The highest BCUT2D eigenvalue weighted by Crippen LogP contribution is 2.31. The van der Waals surface area contributed by atoms with Gasteiger partial charge in [0, 0.05) is 22.2 Å². The monoisotopic (exact) mass is 516 g/mol. The van der Waals surface area contributed by atoms with Crippen LogP contribution in [0.25, 0.3) is 11.5 Å². The second-order valence-electron chi connectivity index (χ2n) is 7.49. The van der Waals surface area contributed by atoms with Crippen LogP contribution in [0.4, 0.5) is 8.78 Å². The molecule has 178 valence electrons. The van der Waals surface area contributed by atoms with Gasteiger partial charge in [-0.1, -0.05) is 22.9 Å². The Balaban J connectivity index is 1.36. The first kappa shape index (κ1) is 23.1. The molecule has 0 amide bonds. The third-order valence-electron chi connectivity index (χ3n) is 4.95. The third kappa shape index (κ3) is 5.21. The van der Waals surface area contributed by atoms with Crippen molar-refractivity contribution >= 4 is 23.4 Å². The van der Waals surface area contributed by atoms with E-state index in [1.165, 1.54) is 34.3 Å². The molecule has 14 heteroatoms. The second-order valence-corrected chi connectivity index (χ2v) is 8.89. The van der Waals surface area contributed by atoms with Gasteiger partial charge in [0.1, 0.15) is 34.9 Å². The zero-order chi connectivity index (χ0) is 24.4. The number of hydrogen-bond donors (Lipinski definition) is 1. The Morgan fingerprint density at radius 1 is 1.03 bits per heavy atom. The number of rotatable bonds is 8. The Bertz CT molecular complexity index is 1440. The van der Waals surface area contributed by atoms with E-state index in [1.807, 2.05) is 0 Å². The van der Waals surface area contributed by atoms with Crippen LogP contribution in [-0.2, 0) is 18.7 Å². The molecular formula is C21H15ClF2N8O2S. The molecule has 1 atom stereocenters. The van der Waals surface area contributed by atoms with E-state index in [0.29, 0.717) is 27.6 Å². The van der Waals surface area contributed by atoms with Crippen molar-refractivity contribution in [1.29, 1.82) is 0 Å². The van der Waals surface area contributed by atoms with E-state index in [9.17, 15) is 13.9 Å². The maximum Gasteiger partial charge on any atom is 0.283 e. The lowest BCUT2D eigenvalue weighted by Gasteiger charge is -2.28. The molecule has 0 radical (unpaired) electrons. The summed E-state index contributed by atoms with van der Waals surface area (Å²) in [6.07, 6.45) is 4.20. The average Bonchev–Trinajstić information content (AvgIpc) is 3.58. The predicted octanol–water partition coefficient (Wildman–Crippen LogP) is 3.59. The Labute approximate surface area is 205 Å². The molecule has 35 heavy (non-hydrogen) atoms. The maximum absolute atomic E-state index is 14.6. The minimum atomic E-state index is -1.84. The van der Waals surface area contributed by atoms with Crippen LogP contribution in [0.3, 0.4) is 0 Å².